The van der Waals surface area contributed by atoms with E-state index >= 15 is 0 Å². The second-order valence-electron chi connectivity index (χ2n) is 10.1. The van der Waals surface area contributed by atoms with Gasteiger partial charge in [0, 0.05) is 29.9 Å². The number of nitrogens with one attached hydrogen (secondary N) is 1. The number of nitrogens with two attached hydrogens (primary N) is 1. The highest BCUT2D eigenvalue weighted by molar-refractivity contribution is 6.03. The Hall–Kier alpha value is -1.55. The van der Waals surface area contributed by atoms with Gasteiger partial charge in [0.1, 0.15) is 5.84 Å². The van der Waals surface area contributed by atoms with E-state index in [9.17, 15) is 0 Å². The highest BCUT2D eigenvalue weighted by atomic mass is 15.2. The summed E-state index contributed by atoms with van der Waals surface area (Å²) in [6, 6.07) is 0.689. The van der Waals surface area contributed by atoms with Crippen LogP contribution in [0.2, 0.25) is 0 Å². The molecule has 0 saturated heterocycles. The minimum absolute atomic E-state index is 0.0111. The fourth-order valence-electron chi connectivity index (χ4n) is 5.41. The molecular formula is C24H40N4. The van der Waals surface area contributed by atoms with E-state index in [0.29, 0.717) is 6.04 Å². The minimum Gasteiger partial charge on any atom is -0.404 e. The van der Waals surface area contributed by atoms with Crippen LogP contribution in [0.25, 0.3) is 0 Å². The maximum absolute atomic E-state index is 6.10. The highest BCUT2D eigenvalue weighted by Gasteiger charge is 2.38. The topological polar surface area (TPSA) is 53.6 Å². The van der Waals surface area contributed by atoms with Gasteiger partial charge >= 0.3 is 0 Å². The molecule has 2 heterocycles. The highest BCUT2D eigenvalue weighted by Crippen LogP contribution is 2.36. The van der Waals surface area contributed by atoms with Crippen molar-refractivity contribution >= 4 is 5.84 Å². The maximum atomic E-state index is 6.10. The van der Waals surface area contributed by atoms with Crippen molar-refractivity contribution in [3.05, 3.63) is 35.1 Å². The summed E-state index contributed by atoms with van der Waals surface area (Å²) >= 11 is 0. The van der Waals surface area contributed by atoms with Crippen molar-refractivity contribution in [2.75, 3.05) is 7.05 Å². The summed E-state index contributed by atoms with van der Waals surface area (Å²) in [5.74, 6) is 1.09. The van der Waals surface area contributed by atoms with Crippen LogP contribution >= 0.6 is 0 Å². The van der Waals surface area contributed by atoms with E-state index < -0.39 is 0 Å². The Bertz CT molecular complexity index is 702. The molecule has 0 bridgehead atoms. The van der Waals surface area contributed by atoms with Crippen LogP contribution in [-0.4, -0.2) is 40.9 Å². The second-order valence-corrected chi connectivity index (χ2v) is 10.1. The van der Waals surface area contributed by atoms with Crippen molar-refractivity contribution in [3.8, 4) is 0 Å². The lowest BCUT2D eigenvalue weighted by Gasteiger charge is -2.46. The Kier molecular flexibility index (Phi) is 6.09. The van der Waals surface area contributed by atoms with E-state index in [2.05, 4.69) is 64.0 Å². The van der Waals surface area contributed by atoms with Gasteiger partial charge in [-0.3, -0.25) is 4.99 Å². The molecule has 0 radical (unpaired) electrons. The summed E-state index contributed by atoms with van der Waals surface area (Å²) < 4.78 is 0. The van der Waals surface area contributed by atoms with E-state index in [4.69, 9.17) is 10.7 Å². The van der Waals surface area contributed by atoms with E-state index in [0.717, 1.165) is 24.3 Å². The second kappa shape index (κ2) is 8.06. The third-order valence-electron chi connectivity index (χ3n) is 6.36. The van der Waals surface area contributed by atoms with Crippen LogP contribution in [0.3, 0.4) is 0 Å². The van der Waals surface area contributed by atoms with Crippen molar-refractivity contribution < 1.29 is 0 Å². The molecule has 0 spiro atoms. The lowest BCUT2D eigenvalue weighted by atomic mass is 9.79. The zero-order valence-corrected chi connectivity index (χ0v) is 18.8. The van der Waals surface area contributed by atoms with Crippen LogP contribution in [-0.2, 0) is 0 Å². The fraction of sp³-hybridized carbons (Fsp3) is 0.708. The first-order valence-corrected chi connectivity index (χ1v) is 11.1. The average Bonchev–Trinajstić information content (AvgIpc) is 2.61. The van der Waals surface area contributed by atoms with Gasteiger partial charge in [0.25, 0.3) is 0 Å². The SMILES string of the molecule is CCC1=CC(C2=CC(C)(C)NC(C)(C)C2)N(C)C(=NC2CCCCC2)C1=CN. The summed E-state index contributed by atoms with van der Waals surface area (Å²) in [5, 5.41) is 3.76. The molecule has 4 heteroatoms. The number of aliphatic imine (C=N–C) groups is 1. The summed E-state index contributed by atoms with van der Waals surface area (Å²) in [4.78, 5) is 7.63. The Morgan fingerprint density at radius 1 is 1.21 bits per heavy atom. The van der Waals surface area contributed by atoms with Gasteiger partial charge in [0.05, 0.1) is 12.1 Å². The van der Waals surface area contributed by atoms with Crippen molar-refractivity contribution in [2.24, 2.45) is 10.7 Å². The third-order valence-corrected chi connectivity index (χ3v) is 6.36. The van der Waals surface area contributed by atoms with E-state index in [-0.39, 0.29) is 17.1 Å². The van der Waals surface area contributed by atoms with Crippen LogP contribution < -0.4 is 11.1 Å². The summed E-state index contributed by atoms with van der Waals surface area (Å²) in [6.07, 6.45) is 15.0. The van der Waals surface area contributed by atoms with Crippen LogP contribution in [0, 0.1) is 0 Å². The standard InChI is InChI=1S/C24H40N4/c1-7-17-13-21(18-14-23(2,3)27-24(4,5)15-18)28(6)22(20(17)16-25)26-19-11-9-8-10-12-19/h13-14,16,19,21,27H,7-12,15,25H2,1-6H3. The van der Waals surface area contributed by atoms with E-state index in [1.54, 1.807) is 6.20 Å². The molecule has 1 aliphatic carbocycles. The molecule has 156 valence electrons. The Balaban J connectivity index is 2.02. The normalized spacial score (nSPS) is 31.1. The van der Waals surface area contributed by atoms with Crippen LogP contribution in [0.5, 0.6) is 0 Å². The van der Waals surface area contributed by atoms with Gasteiger partial charge in [-0.15, -0.1) is 0 Å². The van der Waals surface area contributed by atoms with Crippen molar-refractivity contribution in [2.45, 2.75) is 103 Å². The number of amidine groups is 1. The van der Waals surface area contributed by atoms with Gasteiger partial charge in [0.15, 0.2) is 0 Å². The summed E-state index contributed by atoms with van der Waals surface area (Å²) in [6.45, 7) is 11.4. The van der Waals surface area contributed by atoms with Gasteiger partial charge in [0.2, 0.25) is 0 Å². The molecule has 4 nitrogen and oxygen atoms in total. The van der Waals surface area contributed by atoms with Crippen molar-refractivity contribution in [1.82, 2.24) is 10.2 Å². The van der Waals surface area contributed by atoms with Crippen molar-refractivity contribution in [1.29, 1.82) is 0 Å². The maximum Gasteiger partial charge on any atom is 0.133 e. The molecular weight excluding hydrogens is 344 g/mol. The van der Waals surface area contributed by atoms with E-state index in [1.165, 1.54) is 43.3 Å². The lowest BCUT2D eigenvalue weighted by molar-refractivity contribution is 0.268. The first-order valence-electron chi connectivity index (χ1n) is 11.1. The lowest BCUT2D eigenvalue weighted by Crippen LogP contribution is -2.56. The van der Waals surface area contributed by atoms with Crippen LogP contribution in [0.15, 0.2) is 40.1 Å². The molecule has 1 saturated carbocycles. The molecule has 3 rings (SSSR count). The first-order chi connectivity index (χ1) is 13.2. The Morgan fingerprint density at radius 2 is 1.89 bits per heavy atom. The molecule has 1 unspecified atom stereocenters. The molecule has 1 atom stereocenters. The van der Waals surface area contributed by atoms with Crippen LogP contribution in [0.1, 0.15) is 79.6 Å². The largest absolute Gasteiger partial charge is 0.404 e. The zero-order valence-electron chi connectivity index (χ0n) is 18.8. The molecule has 1 fully saturated rings. The number of hydrogen-bond acceptors (Lipinski definition) is 3. The van der Waals surface area contributed by atoms with Gasteiger partial charge in [-0.05, 0) is 64.5 Å². The monoisotopic (exact) mass is 384 g/mol. The van der Waals surface area contributed by atoms with Gasteiger partial charge < -0.3 is 16.0 Å². The molecule has 0 aromatic heterocycles. The zero-order chi connectivity index (χ0) is 20.5. The quantitative estimate of drug-likeness (QED) is 0.694. The molecule has 3 N–H and O–H groups in total. The van der Waals surface area contributed by atoms with E-state index in [1.807, 2.05) is 0 Å². The minimum atomic E-state index is -0.0111. The molecule has 0 amide bonds. The number of hydrogen-bond donors (Lipinski definition) is 2. The molecule has 0 aromatic carbocycles. The predicted octanol–water partition coefficient (Wildman–Crippen LogP) is 4.69. The first kappa shape index (κ1) is 21.2. The molecule has 0 aromatic rings. The predicted molar refractivity (Wildman–Crippen MR) is 120 cm³/mol. The fourth-order valence-corrected chi connectivity index (χ4v) is 5.41. The smallest absolute Gasteiger partial charge is 0.133 e. The number of nitrogens with zero attached hydrogens (tertiary/aromatic N) is 2. The van der Waals surface area contributed by atoms with Crippen molar-refractivity contribution in [3.63, 3.8) is 0 Å². The molecule has 28 heavy (non-hydrogen) atoms. The Labute approximate surface area is 172 Å². The van der Waals surface area contributed by atoms with Crippen LogP contribution in [0.4, 0.5) is 0 Å². The van der Waals surface area contributed by atoms with Gasteiger partial charge in [-0.1, -0.05) is 38.3 Å². The molecule has 3 aliphatic rings. The third kappa shape index (κ3) is 4.53. The van der Waals surface area contributed by atoms with Gasteiger partial charge in [-0.2, -0.15) is 0 Å². The summed E-state index contributed by atoms with van der Waals surface area (Å²) in [7, 11) is 2.20. The molecule has 2 aliphatic heterocycles. The number of rotatable bonds is 3. The Morgan fingerprint density at radius 3 is 2.46 bits per heavy atom. The van der Waals surface area contributed by atoms with Gasteiger partial charge in [-0.25, -0.2) is 0 Å². The summed E-state index contributed by atoms with van der Waals surface area (Å²) in [5.41, 5.74) is 10.1. The average molecular weight is 385 g/mol. The number of likely N-dealkylation sites (N-methyl/N-ethyl adjacent to an activating group) is 1.